The monoisotopic (exact) mass is 477 g/mol. The first-order valence-corrected chi connectivity index (χ1v) is 11.4. The summed E-state index contributed by atoms with van der Waals surface area (Å²) in [7, 11) is 0. The summed E-state index contributed by atoms with van der Waals surface area (Å²) < 4.78 is 6.74. The van der Waals surface area contributed by atoms with E-state index in [2.05, 4.69) is 45.2 Å². The van der Waals surface area contributed by atoms with Gasteiger partial charge >= 0.3 is 12.1 Å². The van der Waals surface area contributed by atoms with Crippen LogP contribution >= 0.6 is 0 Å². The van der Waals surface area contributed by atoms with E-state index >= 15 is 0 Å². The van der Waals surface area contributed by atoms with Gasteiger partial charge in [0.05, 0.1) is 12.7 Å². The van der Waals surface area contributed by atoms with Crippen LogP contribution in [0.4, 0.5) is 4.79 Å². The molecule has 0 radical (unpaired) electrons. The Kier molecular flexibility index (Phi) is 7.39. The number of nitrogens with one attached hydrogen (secondary N) is 2. The number of carbonyl (C=O) groups excluding carboxylic acids is 2. The molecule has 0 bridgehead atoms. The van der Waals surface area contributed by atoms with E-state index in [9.17, 15) is 14.4 Å². The summed E-state index contributed by atoms with van der Waals surface area (Å²) in [5, 5.41) is 21.8. The maximum Gasteiger partial charge on any atom is 0.407 e. The van der Waals surface area contributed by atoms with Gasteiger partial charge in [-0.1, -0.05) is 60.7 Å². The van der Waals surface area contributed by atoms with E-state index in [1.807, 2.05) is 31.2 Å². The quantitative estimate of drug-likeness (QED) is 0.408. The number of alkyl carbamates (subject to hydrolysis) is 1. The largest absolute Gasteiger partial charge is 0.480 e. The lowest BCUT2D eigenvalue weighted by molar-refractivity contribution is -0.138. The molecule has 0 saturated heterocycles. The summed E-state index contributed by atoms with van der Waals surface area (Å²) >= 11 is 0. The lowest BCUT2D eigenvalue weighted by Gasteiger charge is -2.18. The van der Waals surface area contributed by atoms with E-state index in [1.54, 1.807) is 0 Å². The van der Waals surface area contributed by atoms with Gasteiger partial charge < -0.3 is 20.5 Å². The lowest BCUT2D eigenvalue weighted by Crippen LogP contribution is -2.39. The van der Waals surface area contributed by atoms with E-state index in [1.165, 1.54) is 10.9 Å². The van der Waals surface area contributed by atoms with Gasteiger partial charge in [0.15, 0.2) is 0 Å². The van der Waals surface area contributed by atoms with Crippen molar-refractivity contribution in [1.29, 1.82) is 0 Å². The van der Waals surface area contributed by atoms with E-state index in [-0.39, 0.29) is 37.9 Å². The number of ether oxygens (including phenoxy) is 1. The Balaban J connectivity index is 1.26. The van der Waals surface area contributed by atoms with Crippen molar-refractivity contribution in [2.75, 3.05) is 6.61 Å². The minimum absolute atomic E-state index is 0.0360. The Labute approximate surface area is 202 Å². The maximum atomic E-state index is 12.5. The second-order valence-electron chi connectivity index (χ2n) is 8.36. The molecular formula is C25H27N5O5. The summed E-state index contributed by atoms with van der Waals surface area (Å²) in [6.07, 6.45) is 1.51. The van der Waals surface area contributed by atoms with E-state index in [0.717, 1.165) is 22.3 Å². The van der Waals surface area contributed by atoms with Crippen LogP contribution in [0.5, 0.6) is 0 Å². The van der Waals surface area contributed by atoms with Crippen molar-refractivity contribution < 1.29 is 24.2 Å². The molecule has 1 heterocycles. The normalized spacial score (nSPS) is 12.9. The molecule has 0 fully saturated rings. The van der Waals surface area contributed by atoms with Crippen molar-refractivity contribution in [1.82, 2.24) is 25.6 Å². The summed E-state index contributed by atoms with van der Waals surface area (Å²) in [6.45, 7) is 1.89. The fourth-order valence-electron chi connectivity index (χ4n) is 4.22. The summed E-state index contributed by atoms with van der Waals surface area (Å²) in [5.41, 5.74) is 5.02. The fourth-order valence-corrected chi connectivity index (χ4v) is 4.22. The predicted octanol–water partition coefficient (Wildman–Crippen LogP) is 2.69. The number of carboxylic acid groups (broad SMARTS) is 1. The molecule has 1 unspecified atom stereocenters. The van der Waals surface area contributed by atoms with Gasteiger partial charge in [0.25, 0.3) is 0 Å². The minimum atomic E-state index is -1.03. The number of rotatable bonds is 10. The van der Waals surface area contributed by atoms with Crippen molar-refractivity contribution in [3.05, 3.63) is 71.5 Å². The molecule has 3 aromatic rings. The van der Waals surface area contributed by atoms with Gasteiger partial charge in [0, 0.05) is 18.4 Å². The highest BCUT2D eigenvalue weighted by Gasteiger charge is 2.29. The van der Waals surface area contributed by atoms with Crippen LogP contribution in [0.1, 0.15) is 42.5 Å². The Morgan fingerprint density at radius 2 is 1.74 bits per heavy atom. The molecule has 10 nitrogen and oxygen atoms in total. The molecule has 4 rings (SSSR count). The zero-order chi connectivity index (χ0) is 24.8. The molecule has 0 aliphatic heterocycles. The number of benzene rings is 2. The molecule has 1 aliphatic rings. The molecule has 3 N–H and O–H groups in total. The van der Waals surface area contributed by atoms with Crippen LogP contribution in [-0.4, -0.2) is 50.7 Å². The SMILES string of the molecule is CCC(CC(=O)NCc1cn(CC(=O)O)nn1)NC(=O)OCC1c2ccccc2-c2ccccc21. The molecule has 0 saturated carbocycles. The van der Waals surface area contributed by atoms with Crippen molar-refractivity contribution in [3.63, 3.8) is 0 Å². The van der Waals surface area contributed by atoms with Crippen LogP contribution in [-0.2, 0) is 27.4 Å². The number of aromatic nitrogens is 3. The van der Waals surface area contributed by atoms with Crippen LogP contribution in [0, 0.1) is 0 Å². The van der Waals surface area contributed by atoms with Crippen molar-refractivity contribution >= 4 is 18.0 Å². The molecule has 182 valence electrons. The molecular weight excluding hydrogens is 450 g/mol. The molecule has 1 aromatic heterocycles. The summed E-state index contributed by atoms with van der Waals surface area (Å²) in [5.74, 6) is -1.34. The Morgan fingerprint density at radius 3 is 2.37 bits per heavy atom. The number of amides is 2. The van der Waals surface area contributed by atoms with E-state index < -0.39 is 18.1 Å². The first kappa shape index (κ1) is 23.9. The van der Waals surface area contributed by atoms with Crippen LogP contribution in [0.25, 0.3) is 11.1 Å². The topological polar surface area (TPSA) is 135 Å². The number of carbonyl (C=O) groups is 3. The van der Waals surface area contributed by atoms with Gasteiger partial charge in [-0.05, 0) is 28.7 Å². The lowest BCUT2D eigenvalue weighted by atomic mass is 9.98. The number of hydrogen-bond acceptors (Lipinski definition) is 6. The number of aliphatic carboxylic acids is 1. The average molecular weight is 478 g/mol. The third-order valence-electron chi connectivity index (χ3n) is 5.94. The zero-order valence-corrected chi connectivity index (χ0v) is 19.3. The molecule has 2 aromatic carbocycles. The van der Waals surface area contributed by atoms with Crippen molar-refractivity contribution in [2.45, 2.75) is 44.8 Å². The fraction of sp³-hybridized carbons (Fsp3) is 0.320. The highest BCUT2D eigenvalue weighted by molar-refractivity contribution is 5.79. The molecule has 0 spiro atoms. The van der Waals surface area contributed by atoms with Gasteiger partial charge in [-0.2, -0.15) is 0 Å². The second kappa shape index (κ2) is 10.8. The minimum Gasteiger partial charge on any atom is -0.480 e. The predicted molar refractivity (Wildman–Crippen MR) is 126 cm³/mol. The molecule has 1 aliphatic carbocycles. The number of hydrogen-bond donors (Lipinski definition) is 3. The van der Waals surface area contributed by atoms with Crippen molar-refractivity contribution in [2.24, 2.45) is 0 Å². The van der Waals surface area contributed by atoms with Crippen LogP contribution in [0.15, 0.2) is 54.7 Å². The Morgan fingerprint density at radius 1 is 1.09 bits per heavy atom. The first-order valence-electron chi connectivity index (χ1n) is 11.4. The maximum absolute atomic E-state index is 12.5. The highest BCUT2D eigenvalue weighted by Crippen LogP contribution is 2.44. The molecule has 2 amide bonds. The second-order valence-corrected chi connectivity index (χ2v) is 8.36. The average Bonchev–Trinajstić information content (AvgIpc) is 3.42. The standard InChI is InChI=1S/C25H27N5O5/c1-2-16(11-23(31)26-12-17-13-30(29-28-17)14-24(32)33)27-25(34)35-15-22-20-9-5-3-7-18(20)19-8-4-6-10-21(19)22/h3-10,13,16,22H,2,11-12,14-15H2,1H3,(H,26,31)(H,27,34)(H,32,33). The molecule has 10 heteroatoms. The van der Waals surface area contributed by atoms with Gasteiger partial charge in [-0.15, -0.1) is 5.10 Å². The summed E-state index contributed by atoms with van der Waals surface area (Å²) in [6, 6.07) is 15.8. The van der Waals surface area contributed by atoms with Crippen molar-refractivity contribution in [3.8, 4) is 11.1 Å². The van der Waals surface area contributed by atoms with Gasteiger partial charge in [-0.25, -0.2) is 9.48 Å². The van der Waals surface area contributed by atoms with Gasteiger partial charge in [0.2, 0.25) is 5.91 Å². The van der Waals surface area contributed by atoms with E-state index in [0.29, 0.717) is 12.1 Å². The number of carboxylic acids is 1. The number of nitrogens with zero attached hydrogens (tertiary/aromatic N) is 3. The van der Waals surface area contributed by atoms with Gasteiger partial charge in [0.1, 0.15) is 18.8 Å². The zero-order valence-electron chi connectivity index (χ0n) is 19.3. The smallest absolute Gasteiger partial charge is 0.407 e. The molecule has 1 atom stereocenters. The van der Waals surface area contributed by atoms with E-state index in [4.69, 9.17) is 9.84 Å². The van der Waals surface area contributed by atoms with Crippen LogP contribution < -0.4 is 10.6 Å². The van der Waals surface area contributed by atoms with Gasteiger partial charge in [-0.3, -0.25) is 9.59 Å². The Hall–Kier alpha value is -4.21. The first-order chi connectivity index (χ1) is 16.9. The molecule has 35 heavy (non-hydrogen) atoms. The third kappa shape index (κ3) is 5.84. The highest BCUT2D eigenvalue weighted by atomic mass is 16.5. The Bertz CT molecular complexity index is 1180. The summed E-state index contributed by atoms with van der Waals surface area (Å²) in [4.78, 5) is 35.6. The van der Waals surface area contributed by atoms with Crippen LogP contribution in [0.2, 0.25) is 0 Å². The van der Waals surface area contributed by atoms with Crippen LogP contribution in [0.3, 0.4) is 0 Å². The number of fused-ring (bicyclic) bond motifs is 3. The third-order valence-corrected chi connectivity index (χ3v) is 5.94.